The minimum absolute atomic E-state index is 0.107. The molecule has 0 aromatic heterocycles. The summed E-state index contributed by atoms with van der Waals surface area (Å²) in [5.74, 6) is 3.60. The standard InChI is InChI=1S/C20H21N3O4/c1-2-15-4-3-5-17(10-15)22-23-14-21-13-16-11-19(26-8-6-24)20(12-18(16)23)27-9-7-25/h1,3-5,10-14,18,22,24-25H,6-9H2. The van der Waals surface area contributed by atoms with Crippen LogP contribution in [0.5, 0.6) is 0 Å². The molecule has 0 bridgehead atoms. The van der Waals surface area contributed by atoms with Crippen molar-refractivity contribution in [3.8, 4) is 12.3 Å². The molecule has 1 aliphatic carbocycles. The van der Waals surface area contributed by atoms with Gasteiger partial charge >= 0.3 is 0 Å². The van der Waals surface area contributed by atoms with Crippen LogP contribution in [-0.4, -0.2) is 54.0 Å². The Labute approximate surface area is 157 Å². The highest BCUT2D eigenvalue weighted by molar-refractivity contribution is 5.66. The number of benzene rings is 1. The van der Waals surface area contributed by atoms with Crippen LogP contribution in [0.1, 0.15) is 5.56 Å². The quantitative estimate of drug-likeness (QED) is 0.602. The van der Waals surface area contributed by atoms with Crippen molar-refractivity contribution in [1.29, 1.82) is 0 Å². The number of aliphatic imine (C=N–C) groups is 1. The fourth-order valence-electron chi connectivity index (χ4n) is 2.72. The van der Waals surface area contributed by atoms with Crippen molar-refractivity contribution in [3.05, 3.63) is 65.3 Å². The maximum Gasteiger partial charge on any atom is 0.161 e. The lowest BCUT2D eigenvalue weighted by atomic mass is 9.99. The SMILES string of the molecule is C#Cc1cccc(NN2C=NC=C3C=C(OCCO)C(OCCO)=CC32)c1. The summed E-state index contributed by atoms with van der Waals surface area (Å²) in [5.41, 5.74) is 5.77. The molecule has 7 heteroatoms. The first-order valence-corrected chi connectivity index (χ1v) is 8.51. The highest BCUT2D eigenvalue weighted by Gasteiger charge is 2.28. The summed E-state index contributed by atoms with van der Waals surface area (Å²) in [4.78, 5) is 4.26. The van der Waals surface area contributed by atoms with Gasteiger partial charge < -0.3 is 19.7 Å². The zero-order valence-corrected chi connectivity index (χ0v) is 14.7. The number of hydrogen-bond donors (Lipinski definition) is 3. The lowest BCUT2D eigenvalue weighted by Crippen LogP contribution is -2.41. The summed E-state index contributed by atoms with van der Waals surface area (Å²) in [5, 5.41) is 19.9. The van der Waals surface area contributed by atoms with Gasteiger partial charge in [0.15, 0.2) is 11.5 Å². The first-order chi connectivity index (χ1) is 13.2. The summed E-state index contributed by atoms with van der Waals surface area (Å²) in [6.07, 6.45) is 12.6. The van der Waals surface area contributed by atoms with Crippen LogP contribution in [0.4, 0.5) is 5.69 Å². The van der Waals surface area contributed by atoms with Gasteiger partial charge in [0.05, 0.1) is 18.9 Å². The molecule has 2 aliphatic rings. The van der Waals surface area contributed by atoms with Gasteiger partial charge in [-0.3, -0.25) is 10.4 Å². The Bertz CT molecular complexity index is 836. The molecule has 140 valence electrons. The monoisotopic (exact) mass is 367 g/mol. The number of nitrogens with one attached hydrogen (secondary N) is 1. The fourth-order valence-corrected chi connectivity index (χ4v) is 2.72. The molecule has 0 saturated heterocycles. The molecular weight excluding hydrogens is 346 g/mol. The van der Waals surface area contributed by atoms with Gasteiger partial charge in [-0.05, 0) is 30.4 Å². The minimum Gasteiger partial charge on any atom is -0.488 e. The Hall–Kier alpha value is -3.21. The Kier molecular flexibility index (Phi) is 6.15. The van der Waals surface area contributed by atoms with Gasteiger partial charge in [-0.2, -0.15) is 0 Å². The summed E-state index contributed by atoms with van der Waals surface area (Å²) in [7, 11) is 0. The van der Waals surface area contributed by atoms with Crippen molar-refractivity contribution in [2.24, 2.45) is 4.99 Å². The van der Waals surface area contributed by atoms with Crippen molar-refractivity contribution in [2.75, 3.05) is 31.9 Å². The number of rotatable bonds is 8. The molecule has 1 aromatic carbocycles. The zero-order valence-electron chi connectivity index (χ0n) is 14.7. The van der Waals surface area contributed by atoms with Crippen molar-refractivity contribution < 1.29 is 19.7 Å². The molecule has 1 aliphatic heterocycles. The number of fused-ring (bicyclic) bond motifs is 1. The normalized spacial score (nSPS) is 17.9. The van der Waals surface area contributed by atoms with Crippen molar-refractivity contribution in [3.63, 3.8) is 0 Å². The molecule has 7 nitrogen and oxygen atoms in total. The topological polar surface area (TPSA) is 86.6 Å². The highest BCUT2D eigenvalue weighted by atomic mass is 16.5. The zero-order chi connectivity index (χ0) is 19.1. The smallest absolute Gasteiger partial charge is 0.161 e. The van der Waals surface area contributed by atoms with Crippen molar-refractivity contribution >= 4 is 12.0 Å². The molecule has 1 unspecified atom stereocenters. The highest BCUT2D eigenvalue weighted by Crippen LogP contribution is 2.29. The average molecular weight is 367 g/mol. The van der Waals surface area contributed by atoms with Crippen molar-refractivity contribution in [2.45, 2.75) is 6.04 Å². The Morgan fingerprint density at radius 3 is 2.70 bits per heavy atom. The molecule has 1 aromatic rings. The van der Waals surface area contributed by atoms with E-state index in [-0.39, 0.29) is 32.5 Å². The first-order valence-electron chi connectivity index (χ1n) is 8.51. The number of nitrogens with zero attached hydrogens (tertiary/aromatic N) is 2. The van der Waals surface area contributed by atoms with Gasteiger partial charge in [-0.1, -0.05) is 12.0 Å². The minimum atomic E-state index is -0.188. The van der Waals surface area contributed by atoms with Gasteiger partial charge in [0.25, 0.3) is 0 Å². The number of ether oxygens (including phenoxy) is 2. The Balaban J connectivity index is 1.83. The number of hydrogen-bond acceptors (Lipinski definition) is 7. The van der Waals surface area contributed by atoms with E-state index in [1.165, 1.54) is 0 Å². The number of anilines is 1. The summed E-state index contributed by atoms with van der Waals surface area (Å²) >= 11 is 0. The van der Waals surface area contributed by atoms with Gasteiger partial charge in [0.1, 0.15) is 25.6 Å². The van der Waals surface area contributed by atoms with Gasteiger partial charge in [-0.15, -0.1) is 6.42 Å². The molecule has 0 fully saturated rings. The van der Waals surface area contributed by atoms with Crippen LogP contribution < -0.4 is 5.43 Å². The second kappa shape index (κ2) is 8.94. The van der Waals surface area contributed by atoms with E-state index in [9.17, 15) is 0 Å². The van der Waals surface area contributed by atoms with E-state index in [2.05, 4.69) is 16.3 Å². The number of aliphatic hydroxyl groups excluding tert-OH is 2. The van der Waals surface area contributed by atoms with Crippen LogP contribution in [0.2, 0.25) is 0 Å². The van der Waals surface area contributed by atoms with E-state index in [1.54, 1.807) is 12.5 Å². The third kappa shape index (κ3) is 4.50. The lowest BCUT2D eigenvalue weighted by molar-refractivity contribution is 0.100. The molecule has 3 N–H and O–H groups in total. The molecule has 1 atom stereocenters. The molecule has 27 heavy (non-hydrogen) atoms. The van der Waals surface area contributed by atoms with E-state index in [1.807, 2.05) is 41.4 Å². The molecule has 0 amide bonds. The number of hydrazine groups is 1. The predicted octanol–water partition coefficient (Wildman–Crippen LogP) is 1.39. The lowest BCUT2D eigenvalue weighted by Gasteiger charge is -2.34. The third-order valence-electron chi connectivity index (χ3n) is 3.89. The first kappa shape index (κ1) is 18.6. The summed E-state index contributed by atoms with van der Waals surface area (Å²) < 4.78 is 11.2. The van der Waals surface area contributed by atoms with E-state index in [4.69, 9.17) is 26.1 Å². The van der Waals surface area contributed by atoms with E-state index >= 15 is 0 Å². The third-order valence-corrected chi connectivity index (χ3v) is 3.89. The van der Waals surface area contributed by atoms with Crippen LogP contribution in [-0.2, 0) is 9.47 Å². The molecule has 0 radical (unpaired) electrons. The van der Waals surface area contributed by atoms with Crippen LogP contribution in [0, 0.1) is 12.3 Å². The van der Waals surface area contributed by atoms with E-state index < -0.39 is 0 Å². The molecule has 0 saturated carbocycles. The van der Waals surface area contributed by atoms with Gasteiger partial charge in [0, 0.05) is 17.3 Å². The maximum absolute atomic E-state index is 9.06. The molecular formula is C20H21N3O4. The Morgan fingerprint density at radius 1 is 1.19 bits per heavy atom. The molecule has 0 spiro atoms. The van der Waals surface area contributed by atoms with Gasteiger partial charge in [-0.25, -0.2) is 4.99 Å². The summed E-state index contributed by atoms with van der Waals surface area (Å²) in [6, 6.07) is 7.33. The van der Waals surface area contributed by atoms with E-state index in [0.717, 1.165) is 16.8 Å². The Morgan fingerprint density at radius 2 is 1.96 bits per heavy atom. The van der Waals surface area contributed by atoms with E-state index in [0.29, 0.717) is 11.5 Å². The predicted molar refractivity (Wildman–Crippen MR) is 102 cm³/mol. The van der Waals surface area contributed by atoms with Gasteiger partial charge in [0.2, 0.25) is 0 Å². The van der Waals surface area contributed by atoms with Crippen LogP contribution in [0.25, 0.3) is 0 Å². The molecule has 3 rings (SSSR count). The largest absolute Gasteiger partial charge is 0.488 e. The second-order valence-corrected chi connectivity index (χ2v) is 5.77. The number of aliphatic hydroxyl groups is 2. The summed E-state index contributed by atoms with van der Waals surface area (Å²) in [6.45, 7) is 0.0710. The molecule has 1 heterocycles. The number of terminal acetylenes is 1. The van der Waals surface area contributed by atoms with Crippen LogP contribution in [0.15, 0.2) is 64.7 Å². The fraction of sp³-hybridized carbons (Fsp3) is 0.250. The average Bonchev–Trinajstić information content (AvgIpc) is 2.71. The maximum atomic E-state index is 9.06. The van der Waals surface area contributed by atoms with Crippen LogP contribution in [0.3, 0.4) is 0 Å². The second-order valence-electron chi connectivity index (χ2n) is 5.77. The van der Waals surface area contributed by atoms with Crippen molar-refractivity contribution in [1.82, 2.24) is 5.01 Å². The van der Waals surface area contributed by atoms with Crippen LogP contribution >= 0.6 is 0 Å².